The molecular formula is C20H16O4. The number of phenolic OH excluding ortho intramolecular Hbond substituents is 1. The van der Waals surface area contributed by atoms with Gasteiger partial charge in [0.05, 0.1) is 12.7 Å². The Balaban J connectivity index is 2.10. The number of ether oxygens (including phenoxy) is 1. The summed E-state index contributed by atoms with van der Waals surface area (Å²) in [6, 6.07) is 10.1. The number of allylic oxidation sites excluding steroid dienone is 2. The van der Waals surface area contributed by atoms with Crippen molar-refractivity contribution in [2.24, 2.45) is 0 Å². The predicted molar refractivity (Wildman–Crippen MR) is 91.6 cm³/mol. The van der Waals surface area contributed by atoms with Crippen LogP contribution in [0.5, 0.6) is 11.5 Å². The van der Waals surface area contributed by atoms with Crippen molar-refractivity contribution < 1.29 is 19.4 Å². The lowest BCUT2D eigenvalue weighted by Gasteiger charge is -2.09. The van der Waals surface area contributed by atoms with Crippen molar-refractivity contribution in [3.63, 3.8) is 0 Å². The van der Waals surface area contributed by atoms with E-state index in [-0.39, 0.29) is 28.6 Å². The van der Waals surface area contributed by atoms with E-state index in [1.807, 2.05) is 0 Å². The van der Waals surface area contributed by atoms with Crippen molar-refractivity contribution in [3.8, 4) is 11.5 Å². The summed E-state index contributed by atoms with van der Waals surface area (Å²) in [6.45, 7) is 3.66. The number of phenols is 1. The Bertz CT molecular complexity index is 854. The first kappa shape index (κ1) is 15.7. The lowest BCUT2D eigenvalue weighted by Crippen LogP contribution is -2.00. The van der Waals surface area contributed by atoms with Crippen molar-refractivity contribution in [1.29, 1.82) is 0 Å². The molecule has 0 amide bonds. The van der Waals surface area contributed by atoms with Crippen molar-refractivity contribution in [2.75, 3.05) is 7.11 Å². The Morgan fingerprint density at radius 2 is 1.75 bits per heavy atom. The molecule has 4 nitrogen and oxygen atoms in total. The number of fused-ring (bicyclic) bond motifs is 1. The van der Waals surface area contributed by atoms with Crippen LogP contribution < -0.4 is 4.74 Å². The molecule has 0 saturated carbocycles. The van der Waals surface area contributed by atoms with Gasteiger partial charge in [0, 0.05) is 16.7 Å². The van der Waals surface area contributed by atoms with Crippen LogP contribution in [0.25, 0.3) is 6.08 Å². The number of methoxy groups -OCH3 is 1. The second-order valence-electron chi connectivity index (χ2n) is 5.49. The van der Waals surface area contributed by atoms with E-state index in [9.17, 15) is 14.7 Å². The highest BCUT2D eigenvalue weighted by molar-refractivity contribution is 6.41. The van der Waals surface area contributed by atoms with Crippen LogP contribution in [0.1, 0.15) is 31.8 Å². The van der Waals surface area contributed by atoms with Gasteiger partial charge in [0.2, 0.25) is 0 Å². The molecule has 0 fully saturated rings. The molecule has 0 bridgehead atoms. The van der Waals surface area contributed by atoms with Gasteiger partial charge in [-0.15, -0.1) is 6.58 Å². The minimum Gasteiger partial charge on any atom is -0.504 e. The standard InChI is InChI=1S/C20H16O4/c1-3-6-13-9-12(11-17(24-2)18(13)21)10-16-19(22)14-7-4-5-8-15(14)20(16)23/h3-5,7-11,21H,1,6H2,2H3. The first-order valence-electron chi connectivity index (χ1n) is 7.47. The fraction of sp³-hybridized carbons (Fsp3) is 0.100. The van der Waals surface area contributed by atoms with E-state index < -0.39 is 0 Å². The van der Waals surface area contributed by atoms with Crippen LogP contribution in [0.4, 0.5) is 0 Å². The highest BCUT2D eigenvalue weighted by atomic mass is 16.5. The third-order valence-electron chi connectivity index (χ3n) is 3.98. The lowest BCUT2D eigenvalue weighted by molar-refractivity contribution is 0.0990. The highest BCUT2D eigenvalue weighted by Crippen LogP contribution is 2.34. The van der Waals surface area contributed by atoms with Gasteiger partial charge in [-0.3, -0.25) is 9.59 Å². The van der Waals surface area contributed by atoms with Gasteiger partial charge in [-0.1, -0.05) is 30.3 Å². The van der Waals surface area contributed by atoms with E-state index in [1.54, 1.807) is 48.6 Å². The lowest BCUT2D eigenvalue weighted by atomic mass is 10.0. The van der Waals surface area contributed by atoms with Crippen LogP contribution in [-0.2, 0) is 6.42 Å². The number of carbonyl (C=O) groups is 2. The second kappa shape index (κ2) is 6.16. The van der Waals surface area contributed by atoms with Crippen LogP contribution in [0.15, 0.2) is 54.6 Å². The zero-order chi connectivity index (χ0) is 17.3. The van der Waals surface area contributed by atoms with Crippen molar-refractivity contribution in [1.82, 2.24) is 0 Å². The maximum absolute atomic E-state index is 12.5. The number of Topliss-reactive ketones (excluding diaryl/α,β-unsaturated/α-hetero) is 2. The molecule has 0 saturated heterocycles. The van der Waals surface area contributed by atoms with E-state index in [0.717, 1.165) is 0 Å². The summed E-state index contributed by atoms with van der Waals surface area (Å²) in [6.07, 6.45) is 3.65. The van der Waals surface area contributed by atoms with E-state index in [4.69, 9.17) is 4.74 Å². The number of carbonyl (C=O) groups excluding carboxylic acids is 2. The largest absolute Gasteiger partial charge is 0.504 e. The molecule has 2 aromatic rings. The molecule has 1 N–H and O–H groups in total. The topological polar surface area (TPSA) is 63.6 Å². The van der Waals surface area contributed by atoms with E-state index in [2.05, 4.69) is 6.58 Å². The summed E-state index contributed by atoms with van der Waals surface area (Å²) >= 11 is 0. The fourth-order valence-electron chi connectivity index (χ4n) is 2.81. The minimum atomic E-state index is -0.284. The molecule has 2 aromatic carbocycles. The van der Waals surface area contributed by atoms with E-state index in [1.165, 1.54) is 7.11 Å². The monoisotopic (exact) mass is 320 g/mol. The summed E-state index contributed by atoms with van der Waals surface area (Å²) in [5.41, 5.74) is 2.20. The third kappa shape index (κ3) is 2.52. The molecule has 1 aliphatic rings. The maximum atomic E-state index is 12.5. The van der Waals surface area contributed by atoms with Gasteiger partial charge < -0.3 is 9.84 Å². The zero-order valence-electron chi connectivity index (χ0n) is 13.2. The number of hydrogen-bond acceptors (Lipinski definition) is 4. The van der Waals surface area contributed by atoms with Gasteiger partial charge in [-0.25, -0.2) is 0 Å². The SMILES string of the molecule is C=CCc1cc(C=C2C(=O)c3ccccc3C2=O)cc(OC)c1O. The smallest absolute Gasteiger partial charge is 0.197 e. The molecule has 0 aliphatic heterocycles. The van der Waals surface area contributed by atoms with Crippen LogP contribution in [0, 0.1) is 0 Å². The molecule has 0 aromatic heterocycles. The first-order valence-corrected chi connectivity index (χ1v) is 7.47. The Hall–Kier alpha value is -3.14. The number of ketones is 2. The molecule has 120 valence electrons. The summed E-state index contributed by atoms with van der Waals surface area (Å²) < 4.78 is 5.17. The van der Waals surface area contributed by atoms with Crippen molar-refractivity contribution >= 4 is 17.6 Å². The molecule has 0 heterocycles. The van der Waals surface area contributed by atoms with Crippen molar-refractivity contribution in [3.05, 3.63) is 76.9 Å². The Morgan fingerprint density at radius 3 is 2.29 bits per heavy atom. The average molecular weight is 320 g/mol. The molecule has 24 heavy (non-hydrogen) atoms. The molecular weight excluding hydrogens is 304 g/mol. The Morgan fingerprint density at radius 1 is 1.12 bits per heavy atom. The summed E-state index contributed by atoms with van der Waals surface area (Å²) in [5.74, 6) is -0.246. The van der Waals surface area contributed by atoms with Gasteiger partial charge in [-0.2, -0.15) is 0 Å². The van der Waals surface area contributed by atoms with Gasteiger partial charge >= 0.3 is 0 Å². The average Bonchev–Trinajstić information content (AvgIpc) is 2.83. The second-order valence-corrected chi connectivity index (χ2v) is 5.49. The zero-order valence-corrected chi connectivity index (χ0v) is 13.2. The van der Waals surface area contributed by atoms with E-state index >= 15 is 0 Å². The predicted octanol–water partition coefficient (Wildman–Crippen LogP) is 3.59. The first-order chi connectivity index (χ1) is 11.6. The third-order valence-corrected chi connectivity index (χ3v) is 3.98. The fourth-order valence-corrected chi connectivity index (χ4v) is 2.81. The number of rotatable bonds is 4. The van der Waals surface area contributed by atoms with E-state index in [0.29, 0.717) is 28.7 Å². The van der Waals surface area contributed by atoms with Crippen LogP contribution in [0.3, 0.4) is 0 Å². The Kier molecular flexibility index (Phi) is 4.04. The molecule has 3 rings (SSSR count). The van der Waals surface area contributed by atoms with Gasteiger partial charge in [-0.05, 0) is 30.2 Å². The molecule has 1 aliphatic carbocycles. The molecule has 4 heteroatoms. The van der Waals surface area contributed by atoms with Crippen molar-refractivity contribution in [2.45, 2.75) is 6.42 Å². The molecule has 0 radical (unpaired) electrons. The van der Waals surface area contributed by atoms with Crippen LogP contribution >= 0.6 is 0 Å². The Labute approximate surface area is 139 Å². The number of hydrogen-bond donors (Lipinski definition) is 1. The molecule has 0 atom stereocenters. The molecule has 0 unspecified atom stereocenters. The van der Waals surface area contributed by atoms with Crippen LogP contribution in [0.2, 0.25) is 0 Å². The van der Waals surface area contributed by atoms with Gasteiger partial charge in [0.25, 0.3) is 0 Å². The number of benzene rings is 2. The molecule has 0 spiro atoms. The minimum absolute atomic E-state index is 0.0342. The van der Waals surface area contributed by atoms with Gasteiger partial charge in [0.15, 0.2) is 23.1 Å². The quantitative estimate of drug-likeness (QED) is 0.531. The summed E-state index contributed by atoms with van der Waals surface area (Å²) in [4.78, 5) is 24.9. The normalized spacial score (nSPS) is 13.0. The van der Waals surface area contributed by atoms with Crippen LogP contribution in [-0.4, -0.2) is 23.8 Å². The summed E-state index contributed by atoms with van der Waals surface area (Å²) in [7, 11) is 1.45. The van der Waals surface area contributed by atoms with Gasteiger partial charge in [0.1, 0.15) is 0 Å². The highest BCUT2D eigenvalue weighted by Gasteiger charge is 2.32. The summed E-state index contributed by atoms with van der Waals surface area (Å²) in [5, 5.41) is 10.1. The maximum Gasteiger partial charge on any atom is 0.197 e. The number of aromatic hydroxyl groups is 1.